The van der Waals surface area contributed by atoms with Gasteiger partial charge in [0.15, 0.2) is 0 Å². The van der Waals surface area contributed by atoms with Crippen LogP contribution in [-0.2, 0) is 5.54 Å². The molecule has 0 saturated carbocycles. The van der Waals surface area contributed by atoms with Crippen LogP contribution in [0.15, 0.2) is 30.3 Å². The van der Waals surface area contributed by atoms with E-state index in [2.05, 4.69) is 49.1 Å². The molecule has 2 rings (SSSR count). The molecule has 2 N–H and O–H groups in total. The molecule has 2 heteroatoms. The van der Waals surface area contributed by atoms with Crippen LogP contribution in [0.5, 0.6) is 0 Å². The molecule has 1 aliphatic rings. The summed E-state index contributed by atoms with van der Waals surface area (Å²) in [6.07, 6.45) is 8.67. The monoisotopic (exact) mass is 288 g/mol. The third-order valence-corrected chi connectivity index (χ3v) is 5.07. The van der Waals surface area contributed by atoms with Crippen molar-refractivity contribution in [3.63, 3.8) is 0 Å². The highest BCUT2D eigenvalue weighted by molar-refractivity contribution is 5.26. The summed E-state index contributed by atoms with van der Waals surface area (Å²) >= 11 is 0. The summed E-state index contributed by atoms with van der Waals surface area (Å²) in [7, 11) is 0. The molecule has 1 aromatic carbocycles. The number of likely N-dealkylation sites (tertiary alicyclic amines) is 1. The van der Waals surface area contributed by atoms with Crippen molar-refractivity contribution < 1.29 is 0 Å². The fourth-order valence-electron chi connectivity index (χ4n) is 3.90. The minimum absolute atomic E-state index is 0.205. The van der Waals surface area contributed by atoms with Crippen LogP contribution in [0.4, 0.5) is 0 Å². The Labute approximate surface area is 130 Å². The van der Waals surface area contributed by atoms with E-state index in [0.717, 1.165) is 12.8 Å². The van der Waals surface area contributed by atoms with E-state index in [4.69, 9.17) is 5.73 Å². The molecule has 0 aliphatic carbocycles. The van der Waals surface area contributed by atoms with Gasteiger partial charge in [0.2, 0.25) is 0 Å². The van der Waals surface area contributed by atoms with Gasteiger partial charge in [0.1, 0.15) is 0 Å². The van der Waals surface area contributed by atoms with E-state index in [-0.39, 0.29) is 5.54 Å². The van der Waals surface area contributed by atoms with Gasteiger partial charge in [-0.1, -0.05) is 63.4 Å². The molecule has 2 nitrogen and oxygen atoms in total. The van der Waals surface area contributed by atoms with Crippen molar-refractivity contribution in [2.75, 3.05) is 13.1 Å². The van der Waals surface area contributed by atoms with Crippen molar-refractivity contribution in [1.82, 2.24) is 4.90 Å². The maximum atomic E-state index is 7.05. The molecule has 1 saturated heterocycles. The quantitative estimate of drug-likeness (QED) is 0.810. The molecule has 0 amide bonds. The molecular formula is C19H32N2. The molecule has 0 radical (unpaired) electrons. The van der Waals surface area contributed by atoms with Crippen molar-refractivity contribution in [1.29, 1.82) is 0 Å². The SMILES string of the molecule is CCCCC(N)(c1ccccc1)C(CC)N1CCCCC1. The highest BCUT2D eigenvalue weighted by Crippen LogP contribution is 2.34. The van der Waals surface area contributed by atoms with Gasteiger partial charge in [-0.15, -0.1) is 0 Å². The average molecular weight is 288 g/mol. The molecule has 1 fully saturated rings. The summed E-state index contributed by atoms with van der Waals surface area (Å²) in [5.74, 6) is 0. The van der Waals surface area contributed by atoms with E-state index in [1.165, 1.54) is 50.8 Å². The van der Waals surface area contributed by atoms with E-state index < -0.39 is 0 Å². The molecule has 0 bridgehead atoms. The lowest BCUT2D eigenvalue weighted by atomic mass is 9.77. The Morgan fingerprint density at radius 3 is 2.33 bits per heavy atom. The molecule has 118 valence electrons. The lowest BCUT2D eigenvalue weighted by molar-refractivity contribution is 0.0861. The second-order valence-corrected chi connectivity index (χ2v) is 6.53. The van der Waals surface area contributed by atoms with Crippen LogP contribution in [-0.4, -0.2) is 24.0 Å². The Morgan fingerprint density at radius 2 is 1.76 bits per heavy atom. The number of hydrogen-bond donors (Lipinski definition) is 1. The topological polar surface area (TPSA) is 29.3 Å². The maximum Gasteiger partial charge on any atom is 0.0567 e. The van der Waals surface area contributed by atoms with Gasteiger partial charge in [-0.3, -0.25) is 4.90 Å². The summed E-state index contributed by atoms with van der Waals surface area (Å²) in [5, 5.41) is 0. The van der Waals surface area contributed by atoms with Gasteiger partial charge in [-0.25, -0.2) is 0 Å². The number of unbranched alkanes of at least 4 members (excludes halogenated alkanes) is 1. The number of nitrogens with zero attached hydrogens (tertiary/aromatic N) is 1. The van der Waals surface area contributed by atoms with E-state index in [0.29, 0.717) is 6.04 Å². The standard InChI is InChI=1S/C19H32N2/c1-3-5-14-19(20,17-12-8-6-9-13-17)18(4-2)21-15-10-7-11-16-21/h6,8-9,12-13,18H,3-5,7,10-11,14-16,20H2,1-2H3. The molecule has 0 spiro atoms. The molecule has 2 unspecified atom stereocenters. The first-order chi connectivity index (χ1) is 10.2. The first kappa shape index (κ1) is 16.5. The van der Waals surface area contributed by atoms with Crippen molar-refractivity contribution in [3.05, 3.63) is 35.9 Å². The summed E-state index contributed by atoms with van der Waals surface area (Å²) in [5.41, 5.74) is 8.16. The van der Waals surface area contributed by atoms with Crippen LogP contribution in [0.1, 0.15) is 64.4 Å². The van der Waals surface area contributed by atoms with Gasteiger partial charge in [0.25, 0.3) is 0 Å². The Balaban J connectivity index is 2.27. The lowest BCUT2D eigenvalue weighted by Crippen LogP contribution is -2.57. The van der Waals surface area contributed by atoms with Crippen LogP contribution in [0.3, 0.4) is 0 Å². The van der Waals surface area contributed by atoms with Crippen molar-refractivity contribution in [2.24, 2.45) is 5.73 Å². The van der Waals surface area contributed by atoms with Gasteiger partial charge in [0, 0.05) is 6.04 Å². The summed E-state index contributed by atoms with van der Waals surface area (Å²) < 4.78 is 0. The molecule has 2 atom stereocenters. The first-order valence-electron chi connectivity index (χ1n) is 8.80. The van der Waals surface area contributed by atoms with Crippen LogP contribution >= 0.6 is 0 Å². The van der Waals surface area contributed by atoms with E-state index in [9.17, 15) is 0 Å². The highest BCUT2D eigenvalue weighted by Gasteiger charge is 2.38. The minimum atomic E-state index is -0.205. The van der Waals surface area contributed by atoms with Gasteiger partial charge < -0.3 is 5.73 Å². The Hall–Kier alpha value is -0.860. The minimum Gasteiger partial charge on any atom is -0.320 e. The van der Waals surface area contributed by atoms with E-state index >= 15 is 0 Å². The number of nitrogens with two attached hydrogens (primary N) is 1. The summed E-state index contributed by atoms with van der Waals surface area (Å²) in [4.78, 5) is 2.66. The third-order valence-electron chi connectivity index (χ3n) is 5.07. The molecular weight excluding hydrogens is 256 g/mol. The second kappa shape index (κ2) is 7.95. The molecule has 1 heterocycles. The number of piperidine rings is 1. The third kappa shape index (κ3) is 3.87. The number of benzene rings is 1. The van der Waals surface area contributed by atoms with Gasteiger partial charge >= 0.3 is 0 Å². The largest absolute Gasteiger partial charge is 0.320 e. The second-order valence-electron chi connectivity index (χ2n) is 6.53. The number of hydrogen-bond acceptors (Lipinski definition) is 2. The predicted octanol–water partition coefficient (Wildman–Crippen LogP) is 4.30. The van der Waals surface area contributed by atoms with Crippen LogP contribution < -0.4 is 5.73 Å². The Morgan fingerprint density at radius 1 is 1.10 bits per heavy atom. The fraction of sp³-hybridized carbons (Fsp3) is 0.684. The van der Waals surface area contributed by atoms with Gasteiger partial charge in [-0.05, 0) is 44.3 Å². The van der Waals surface area contributed by atoms with Crippen molar-refractivity contribution in [3.8, 4) is 0 Å². The van der Waals surface area contributed by atoms with E-state index in [1.54, 1.807) is 0 Å². The Kier molecular flexibility index (Phi) is 6.25. The maximum absolute atomic E-state index is 7.05. The molecule has 1 aliphatic heterocycles. The molecule has 1 aromatic rings. The van der Waals surface area contributed by atoms with Crippen LogP contribution in [0, 0.1) is 0 Å². The molecule has 21 heavy (non-hydrogen) atoms. The fourth-order valence-corrected chi connectivity index (χ4v) is 3.90. The summed E-state index contributed by atoms with van der Waals surface area (Å²) in [6, 6.07) is 11.3. The Bertz CT molecular complexity index is 397. The number of rotatable bonds is 7. The predicted molar refractivity (Wildman–Crippen MR) is 91.3 cm³/mol. The van der Waals surface area contributed by atoms with E-state index in [1.807, 2.05) is 0 Å². The average Bonchev–Trinajstić information content (AvgIpc) is 2.55. The van der Waals surface area contributed by atoms with Gasteiger partial charge in [-0.2, -0.15) is 0 Å². The van der Waals surface area contributed by atoms with Crippen molar-refractivity contribution >= 4 is 0 Å². The zero-order chi connectivity index (χ0) is 15.1. The highest BCUT2D eigenvalue weighted by atomic mass is 15.2. The molecule has 0 aromatic heterocycles. The summed E-state index contributed by atoms with van der Waals surface area (Å²) in [6.45, 7) is 7.00. The van der Waals surface area contributed by atoms with Crippen molar-refractivity contribution in [2.45, 2.75) is 70.4 Å². The smallest absolute Gasteiger partial charge is 0.0567 e. The van der Waals surface area contributed by atoms with Crippen LogP contribution in [0.2, 0.25) is 0 Å². The zero-order valence-corrected chi connectivity index (χ0v) is 13.9. The normalized spacial score (nSPS) is 20.9. The lowest BCUT2D eigenvalue weighted by Gasteiger charge is -2.46. The zero-order valence-electron chi connectivity index (χ0n) is 13.9. The van der Waals surface area contributed by atoms with Gasteiger partial charge in [0.05, 0.1) is 5.54 Å². The first-order valence-corrected chi connectivity index (χ1v) is 8.80. The van der Waals surface area contributed by atoms with Crippen LogP contribution in [0.25, 0.3) is 0 Å².